The summed E-state index contributed by atoms with van der Waals surface area (Å²) in [6.45, 7) is 4.92. The maximum absolute atomic E-state index is 15.6. The Morgan fingerprint density at radius 2 is 1.86 bits per heavy atom. The molecule has 2 aliphatic rings. The minimum atomic E-state index is -0.697. The predicted octanol–water partition coefficient (Wildman–Crippen LogP) is 4.49. The normalized spacial score (nSPS) is 20.1. The zero-order valence-electron chi connectivity index (χ0n) is 20.8. The molecule has 192 valence electrons. The Kier molecular flexibility index (Phi) is 6.94. The highest BCUT2D eigenvalue weighted by atomic mass is 19.1. The first kappa shape index (κ1) is 24.9. The highest BCUT2D eigenvalue weighted by Crippen LogP contribution is 2.30. The van der Waals surface area contributed by atoms with Crippen LogP contribution in [0.2, 0.25) is 0 Å². The van der Waals surface area contributed by atoms with E-state index >= 15 is 4.39 Å². The van der Waals surface area contributed by atoms with Crippen molar-refractivity contribution in [2.75, 3.05) is 31.1 Å². The summed E-state index contributed by atoms with van der Waals surface area (Å²) < 4.78 is 31.4. The molecule has 2 aromatic carbocycles. The maximum Gasteiger partial charge on any atom is 0.274 e. The number of aromatic nitrogens is 2. The smallest absolute Gasteiger partial charge is 0.274 e. The molecule has 0 spiro atoms. The van der Waals surface area contributed by atoms with E-state index in [0.29, 0.717) is 30.3 Å². The van der Waals surface area contributed by atoms with Crippen molar-refractivity contribution in [1.29, 1.82) is 5.26 Å². The molecular formula is C28H30F2N6O. The Morgan fingerprint density at radius 1 is 1.05 bits per heavy atom. The Bertz CT molecular complexity index is 1360. The number of carbonyl (C=O) groups is 1. The number of likely N-dealkylation sites (tertiary alicyclic amines) is 1. The molecule has 7 nitrogen and oxygen atoms in total. The van der Waals surface area contributed by atoms with Crippen LogP contribution in [-0.4, -0.2) is 52.8 Å². The molecule has 2 saturated heterocycles. The molecule has 0 aliphatic carbocycles. The molecule has 0 saturated carbocycles. The van der Waals surface area contributed by atoms with Crippen molar-refractivity contribution in [1.82, 2.24) is 14.7 Å². The van der Waals surface area contributed by atoms with Gasteiger partial charge in [0.1, 0.15) is 17.6 Å². The fourth-order valence-electron chi connectivity index (χ4n) is 5.28. The number of carbonyl (C=O) groups excluding carboxylic acids is 1. The first-order chi connectivity index (χ1) is 17.8. The van der Waals surface area contributed by atoms with Crippen LogP contribution in [0.15, 0.2) is 42.5 Å². The van der Waals surface area contributed by atoms with Gasteiger partial charge < -0.3 is 15.5 Å². The molecule has 5 rings (SSSR count). The topological polar surface area (TPSA) is 91.2 Å². The van der Waals surface area contributed by atoms with Crippen molar-refractivity contribution in [3.05, 3.63) is 65.4 Å². The Morgan fingerprint density at radius 3 is 2.57 bits per heavy atom. The molecule has 0 bridgehead atoms. The largest absolute Gasteiger partial charge is 0.371 e. The Balaban J connectivity index is 1.56. The van der Waals surface area contributed by atoms with Gasteiger partial charge in [-0.2, -0.15) is 10.4 Å². The number of amides is 1. The number of halogens is 2. The number of piperidine rings is 2. The van der Waals surface area contributed by atoms with Crippen molar-refractivity contribution in [2.45, 2.75) is 38.6 Å². The highest BCUT2D eigenvalue weighted by molar-refractivity contribution is 5.93. The van der Waals surface area contributed by atoms with Gasteiger partial charge in [-0.25, -0.2) is 13.5 Å². The summed E-state index contributed by atoms with van der Waals surface area (Å²) in [4.78, 5) is 17.1. The van der Waals surface area contributed by atoms with E-state index < -0.39 is 11.6 Å². The molecule has 3 heterocycles. The SMILES string of the molecule is CC1CCCN(c2ccc(-n3nc(C(=O)N4CCC[C@@H](N)C4)cc3-c3ccc(C#N)c(F)c3)c(F)c2)C1. The number of anilines is 1. The van der Waals surface area contributed by atoms with Crippen LogP contribution in [0, 0.1) is 28.9 Å². The standard InChI is InChI=1S/C28H30F2N6O/c1-18-4-2-10-34(16-18)22-8-9-26(24(30)13-22)36-27(19-6-7-20(15-31)23(29)12-19)14-25(33-36)28(37)35-11-3-5-21(32)17-35/h6-9,12-14,18,21H,2-5,10-11,16-17,32H2,1H3/t18?,21-/m1/s1. The summed E-state index contributed by atoms with van der Waals surface area (Å²) in [5.41, 5.74) is 7.78. The predicted molar refractivity (Wildman–Crippen MR) is 137 cm³/mol. The van der Waals surface area contributed by atoms with Gasteiger partial charge in [0, 0.05) is 43.5 Å². The summed E-state index contributed by atoms with van der Waals surface area (Å²) in [5.74, 6) is -0.952. The van der Waals surface area contributed by atoms with Crippen LogP contribution in [0.5, 0.6) is 0 Å². The number of hydrogen-bond donors (Lipinski definition) is 1. The molecular weight excluding hydrogens is 474 g/mol. The molecule has 3 aromatic rings. The van der Waals surface area contributed by atoms with Gasteiger partial charge in [0.2, 0.25) is 0 Å². The fourth-order valence-corrected chi connectivity index (χ4v) is 5.28. The second-order valence-corrected chi connectivity index (χ2v) is 10.1. The average Bonchev–Trinajstić information content (AvgIpc) is 3.33. The van der Waals surface area contributed by atoms with Gasteiger partial charge in [-0.1, -0.05) is 13.0 Å². The third-order valence-corrected chi connectivity index (χ3v) is 7.24. The van der Waals surface area contributed by atoms with Crippen molar-refractivity contribution in [3.63, 3.8) is 0 Å². The number of benzene rings is 2. The van der Waals surface area contributed by atoms with Gasteiger partial charge in [-0.05, 0) is 68.0 Å². The number of hydrogen-bond acceptors (Lipinski definition) is 5. The van der Waals surface area contributed by atoms with E-state index in [1.807, 2.05) is 6.07 Å². The van der Waals surface area contributed by atoms with Gasteiger partial charge in [-0.3, -0.25) is 4.79 Å². The summed E-state index contributed by atoms with van der Waals surface area (Å²) >= 11 is 0. The minimum absolute atomic E-state index is 0.0975. The molecule has 2 N–H and O–H groups in total. The van der Waals surface area contributed by atoms with Crippen LogP contribution < -0.4 is 10.6 Å². The zero-order chi connectivity index (χ0) is 26.1. The Labute approximate surface area is 215 Å². The van der Waals surface area contributed by atoms with Gasteiger partial charge in [0.25, 0.3) is 5.91 Å². The third kappa shape index (κ3) is 5.07. The van der Waals surface area contributed by atoms with E-state index in [-0.39, 0.29) is 28.9 Å². The number of nitriles is 1. The van der Waals surface area contributed by atoms with Gasteiger partial charge in [0.15, 0.2) is 11.5 Å². The summed E-state index contributed by atoms with van der Waals surface area (Å²) in [6, 6.07) is 12.4. The lowest BCUT2D eigenvalue weighted by molar-refractivity contribution is 0.0702. The number of rotatable bonds is 4. The second kappa shape index (κ2) is 10.3. The van der Waals surface area contributed by atoms with Gasteiger partial charge in [0.05, 0.1) is 11.3 Å². The van der Waals surface area contributed by atoms with Gasteiger partial charge >= 0.3 is 0 Å². The van der Waals surface area contributed by atoms with E-state index in [9.17, 15) is 9.18 Å². The van der Waals surface area contributed by atoms with E-state index in [2.05, 4.69) is 16.9 Å². The fraction of sp³-hybridized carbons (Fsp3) is 0.393. The lowest BCUT2D eigenvalue weighted by Gasteiger charge is -2.33. The third-order valence-electron chi connectivity index (χ3n) is 7.24. The number of nitrogens with zero attached hydrogens (tertiary/aromatic N) is 5. The molecule has 0 radical (unpaired) electrons. The van der Waals surface area contributed by atoms with Crippen LogP contribution in [0.1, 0.15) is 48.7 Å². The molecule has 37 heavy (non-hydrogen) atoms. The lowest BCUT2D eigenvalue weighted by Crippen LogP contribution is -2.45. The van der Waals surface area contributed by atoms with Crippen molar-refractivity contribution in [3.8, 4) is 23.0 Å². The van der Waals surface area contributed by atoms with Crippen LogP contribution in [0.4, 0.5) is 14.5 Å². The van der Waals surface area contributed by atoms with Crippen LogP contribution in [0.3, 0.4) is 0 Å². The minimum Gasteiger partial charge on any atom is -0.371 e. The van der Waals surface area contributed by atoms with E-state index in [4.69, 9.17) is 11.0 Å². The van der Waals surface area contributed by atoms with E-state index in [1.165, 1.54) is 22.9 Å². The lowest BCUT2D eigenvalue weighted by atomic mass is 10.00. The molecule has 1 amide bonds. The molecule has 2 fully saturated rings. The van der Waals surface area contributed by atoms with Crippen molar-refractivity contribution in [2.24, 2.45) is 11.7 Å². The monoisotopic (exact) mass is 504 g/mol. The average molecular weight is 505 g/mol. The zero-order valence-corrected chi connectivity index (χ0v) is 20.8. The molecule has 2 atom stereocenters. The van der Waals surface area contributed by atoms with Gasteiger partial charge in [-0.15, -0.1) is 0 Å². The molecule has 2 aliphatic heterocycles. The van der Waals surface area contributed by atoms with E-state index in [0.717, 1.165) is 44.5 Å². The number of nitrogens with two attached hydrogens (primary N) is 1. The second-order valence-electron chi connectivity index (χ2n) is 10.1. The molecule has 1 aromatic heterocycles. The van der Waals surface area contributed by atoms with Crippen LogP contribution >= 0.6 is 0 Å². The van der Waals surface area contributed by atoms with Crippen LogP contribution in [0.25, 0.3) is 16.9 Å². The highest BCUT2D eigenvalue weighted by Gasteiger charge is 2.27. The Hall–Kier alpha value is -3.77. The first-order valence-electron chi connectivity index (χ1n) is 12.7. The van der Waals surface area contributed by atoms with Crippen molar-refractivity contribution >= 4 is 11.6 Å². The maximum atomic E-state index is 15.6. The van der Waals surface area contributed by atoms with Crippen molar-refractivity contribution < 1.29 is 13.6 Å². The summed E-state index contributed by atoms with van der Waals surface area (Å²) in [6.07, 6.45) is 3.87. The van der Waals surface area contributed by atoms with E-state index in [1.54, 1.807) is 29.2 Å². The molecule has 1 unspecified atom stereocenters. The quantitative estimate of drug-likeness (QED) is 0.565. The first-order valence-corrected chi connectivity index (χ1v) is 12.7. The summed E-state index contributed by atoms with van der Waals surface area (Å²) in [7, 11) is 0. The van der Waals surface area contributed by atoms with Crippen LogP contribution in [-0.2, 0) is 0 Å². The molecule has 9 heteroatoms. The summed E-state index contributed by atoms with van der Waals surface area (Å²) in [5, 5.41) is 13.6.